The van der Waals surface area contributed by atoms with Gasteiger partial charge in [0.05, 0.1) is 10.6 Å². The molecule has 0 heterocycles. The second-order valence-corrected chi connectivity index (χ2v) is 7.67. The topological polar surface area (TPSA) is 66.5 Å². The Kier molecular flexibility index (Phi) is 6.20. The fraction of sp³-hybridized carbons (Fsp3) is 0.316. The van der Waals surface area contributed by atoms with E-state index in [2.05, 4.69) is 5.32 Å². The van der Waals surface area contributed by atoms with E-state index in [1.165, 1.54) is 16.4 Å². The largest absolute Gasteiger partial charge is 0.350 e. The monoisotopic (exact) mass is 360 g/mol. The minimum absolute atomic E-state index is 0.0737. The zero-order valence-corrected chi connectivity index (χ0v) is 15.6. The number of rotatable bonds is 7. The van der Waals surface area contributed by atoms with Crippen molar-refractivity contribution in [3.8, 4) is 0 Å². The quantitative estimate of drug-likeness (QED) is 0.822. The van der Waals surface area contributed by atoms with Crippen LogP contribution in [0.25, 0.3) is 0 Å². The molecule has 0 saturated heterocycles. The molecule has 2 rings (SSSR count). The molecule has 0 aromatic heterocycles. The van der Waals surface area contributed by atoms with Gasteiger partial charge in [-0.25, -0.2) is 8.42 Å². The summed E-state index contributed by atoms with van der Waals surface area (Å²) in [4.78, 5) is 12.3. The van der Waals surface area contributed by atoms with Crippen molar-refractivity contribution in [2.75, 3.05) is 10.8 Å². The summed E-state index contributed by atoms with van der Waals surface area (Å²) in [6, 6.07) is 15.1. The highest BCUT2D eigenvalue weighted by molar-refractivity contribution is 7.92. The molecule has 25 heavy (non-hydrogen) atoms. The number of benzene rings is 2. The summed E-state index contributed by atoms with van der Waals surface area (Å²) in [5, 5.41) is 2.87. The molecule has 0 aliphatic heterocycles. The molecule has 1 amide bonds. The van der Waals surface area contributed by atoms with Gasteiger partial charge in [0.25, 0.3) is 15.9 Å². The molecule has 0 saturated carbocycles. The van der Waals surface area contributed by atoms with Crippen LogP contribution in [0.3, 0.4) is 0 Å². The van der Waals surface area contributed by atoms with Gasteiger partial charge in [0.1, 0.15) is 0 Å². The predicted octanol–water partition coefficient (Wildman–Crippen LogP) is 3.43. The Balaban J connectivity index is 2.27. The highest BCUT2D eigenvalue weighted by Gasteiger charge is 2.23. The van der Waals surface area contributed by atoms with Gasteiger partial charge in [-0.3, -0.25) is 9.10 Å². The third-order valence-corrected chi connectivity index (χ3v) is 5.94. The number of nitrogens with zero attached hydrogens (tertiary/aromatic N) is 1. The molecule has 2 aromatic carbocycles. The fourth-order valence-electron chi connectivity index (χ4n) is 2.40. The molecule has 5 nitrogen and oxygen atoms in total. The van der Waals surface area contributed by atoms with Gasteiger partial charge in [0.2, 0.25) is 0 Å². The van der Waals surface area contributed by atoms with Crippen molar-refractivity contribution in [2.45, 2.75) is 38.1 Å². The Hall–Kier alpha value is -2.34. The van der Waals surface area contributed by atoms with Crippen LogP contribution in [0.5, 0.6) is 0 Å². The van der Waals surface area contributed by atoms with E-state index < -0.39 is 10.0 Å². The summed E-state index contributed by atoms with van der Waals surface area (Å²) in [7, 11) is -3.67. The lowest BCUT2D eigenvalue weighted by Gasteiger charge is -2.23. The van der Waals surface area contributed by atoms with Crippen LogP contribution in [-0.2, 0) is 10.0 Å². The first-order chi connectivity index (χ1) is 11.9. The number of hydrogen-bond donors (Lipinski definition) is 1. The molecule has 134 valence electrons. The minimum Gasteiger partial charge on any atom is -0.350 e. The normalized spacial score (nSPS) is 12.4. The summed E-state index contributed by atoms with van der Waals surface area (Å²) in [6.45, 7) is 6.03. The number of carbonyl (C=O) groups excluding carboxylic acids is 1. The molecule has 0 fully saturated rings. The van der Waals surface area contributed by atoms with E-state index in [1.54, 1.807) is 43.3 Å². The number of amides is 1. The minimum atomic E-state index is -3.67. The molecular weight excluding hydrogens is 336 g/mol. The molecule has 2 aromatic rings. The molecule has 0 aliphatic rings. The van der Waals surface area contributed by atoms with Gasteiger partial charge in [-0.05, 0) is 56.7 Å². The first-order valence-corrected chi connectivity index (χ1v) is 9.82. The molecule has 0 unspecified atom stereocenters. The zero-order valence-electron chi connectivity index (χ0n) is 14.8. The van der Waals surface area contributed by atoms with Gasteiger partial charge in [0.15, 0.2) is 0 Å². The highest BCUT2D eigenvalue weighted by atomic mass is 32.2. The van der Waals surface area contributed by atoms with Crippen molar-refractivity contribution < 1.29 is 13.2 Å². The Morgan fingerprint density at radius 1 is 1.04 bits per heavy atom. The lowest BCUT2D eigenvalue weighted by atomic mass is 10.2. The van der Waals surface area contributed by atoms with Gasteiger partial charge in [-0.15, -0.1) is 0 Å². The second-order valence-electron chi connectivity index (χ2n) is 5.81. The van der Waals surface area contributed by atoms with E-state index in [0.29, 0.717) is 17.8 Å². The molecule has 0 bridgehead atoms. The first kappa shape index (κ1) is 19.0. The molecule has 1 atom stereocenters. The lowest BCUT2D eigenvalue weighted by molar-refractivity contribution is 0.0939. The zero-order chi connectivity index (χ0) is 18.4. The molecule has 6 heteroatoms. The van der Waals surface area contributed by atoms with Crippen LogP contribution >= 0.6 is 0 Å². The van der Waals surface area contributed by atoms with Crippen molar-refractivity contribution in [3.63, 3.8) is 0 Å². The molecular formula is C19H24N2O3S. The fourth-order valence-corrected chi connectivity index (χ4v) is 3.87. The average molecular weight is 360 g/mol. The number of anilines is 1. The van der Waals surface area contributed by atoms with Gasteiger partial charge < -0.3 is 5.32 Å². The Morgan fingerprint density at radius 3 is 2.16 bits per heavy atom. The highest BCUT2D eigenvalue weighted by Crippen LogP contribution is 2.23. The Morgan fingerprint density at radius 2 is 1.64 bits per heavy atom. The van der Waals surface area contributed by atoms with E-state index in [9.17, 15) is 13.2 Å². The van der Waals surface area contributed by atoms with E-state index in [-0.39, 0.29) is 16.8 Å². The summed E-state index contributed by atoms with van der Waals surface area (Å²) in [5.74, 6) is -0.200. The van der Waals surface area contributed by atoms with Crippen molar-refractivity contribution in [1.29, 1.82) is 0 Å². The van der Waals surface area contributed by atoms with Crippen LogP contribution in [-0.4, -0.2) is 26.9 Å². The van der Waals surface area contributed by atoms with Gasteiger partial charge in [0, 0.05) is 18.2 Å². The number of nitrogens with one attached hydrogen (secondary N) is 1. The molecule has 1 N–H and O–H groups in total. The molecule has 0 radical (unpaired) electrons. The van der Waals surface area contributed by atoms with Gasteiger partial charge in [-0.2, -0.15) is 0 Å². The van der Waals surface area contributed by atoms with Crippen LogP contribution in [0, 0.1) is 0 Å². The first-order valence-electron chi connectivity index (χ1n) is 8.38. The Bertz CT molecular complexity index is 802. The van der Waals surface area contributed by atoms with Crippen LogP contribution in [0.15, 0.2) is 59.5 Å². The van der Waals surface area contributed by atoms with Gasteiger partial charge in [-0.1, -0.05) is 25.1 Å². The predicted molar refractivity (Wildman–Crippen MR) is 100 cm³/mol. The third kappa shape index (κ3) is 4.39. The number of hydrogen-bond acceptors (Lipinski definition) is 3. The Labute approximate surface area is 149 Å². The van der Waals surface area contributed by atoms with Gasteiger partial charge >= 0.3 is 0 Å². The summed E-state index contributed by atoms with van der Waals surface area (Å²) in [6.07, 6.45) is 0.834. The van der Waals surface area contributed by atoms with E-state index >= 15 is 0 Å². The van der Waals surface area contributed by atoms with Crippen LogP contribution in [0.1, 0.15) is 37.6 Å². The van der Waals surface area contributed by atoms with Crippen LogP contribution in [0.4, 0.5) is 5.69 Å². The average Bonchev–Trinajstić information content (AvgIpc) is 2.63. The molecule has 0 spiro atoms. The van der Waals surface area contributed by atoms with E-state index in [0.717, 1.165) is 6.42 Å². The maximum Gasteiger partial charge on any atom is 0.264 e. The second kappa shape index (κ2) is 8.16. The van der Waals surface area contributed by atoms with Crippen molar-refractivity contribution in [2.24, 2.45) is 0 Å². The van der Waals surface area contributed by atoms with Crippen molar-refractivity contribution >= 4 is 21.6 Å². The smallest absolute Gasteiger partial charge is 0.264 e. The number of para-hydroxylation sites is 1. The van der Waals surface area contributed by atoms with Crippen LogP contribution in [0.2, 0.25) is 0 Å². The molecule has 0 aliphatic carbocycles. The van der Waals surface area contributed by atoms with Crippen LogP contribution < -0.4 is 9.62 Å². The third-order valence-electron chi connectivity index (χ3n) is 4.03. The summed E-state index contributed by atoms with van der Waals surface area (Å²) < 4.78 is 27.1. The number of carbonyl (C=O) groups is 1. The maximum atomic E-state index is 12.9. The van der Waals surface area contributed by atoms with E-state index in [1.807, 2.05) is 19.9 Å². The van der Waals surface area contributed by atoms with E-state index in [4.69, 9.17) is 0 Å². The maximum absolute atomic E-state index is 12.9. The van der Waals surface area contributed by atoms with Crippen molar-refractivity contribution in [3.05, 3.63) is 60.2 Å². The summed E-state index contributed by atoms with van der Waals surface area (Å²) >= 11 is 0. The summed E-state index contributed by atoms with van der Waals surface area (Å²) in [5.41, 5.74) is 1.06. The lowest BCUT2D eigenvalue weighted by Crippen LogP contribution is -2.32. The SMILES string of the molecule is CC[C@@H](C)NC(=O)c1ccc(S(=O)(=O)N(CC)c2ccccc2)cc1. The number of sulfonamides is 1. The van der Waals surface area contributed by atoms with Crippen molar-refractivity contribution in [1.82, 2.24) is 5.32 Å². The standard InChI is InChI=1S/C19H24N2O3S/c1-4-15(3)20-19(22)16-11-13-18(14-12-16)25(23,24)21(5-2)17-9-7-6-8-10-17/h6-15H,4-5H2,1-3H3,(H,20,22)/t15-/m1/s1.